The lowest BCUT2D eigenvalue weighted by Gasteiger charge is -2.12. The van der Waals surface area contributed by atoms with Crippen molar-refractivity contribution in [3.05, 3.63) is 71.8 Å². The molecular weight excluding hydrogens is 348 g/mol. The molecule has 6 heteroatoms. The van der Waals surface area contributed by atoms with Gasteiger partial charge in [-0.3, -0.25) is 4.79 Å². The Morgan fingerprint density at radius 1 is 0.923 bits per heavy atom. The lowest BCUT2D eigenvalue weighted by Crippen LogP contribution is -2.23. The average Bonchev–Trinajstić information content (AvgIpc) is 2.60. The van der Waals surface area contributed by atoms with Gasteiger partial charge < -0.3 is 5.32 Å². The van der Waals surface area contributed by atoms with Crippen LogP contribution in [-0.2, 0) is 21.4 Å². The quantitative estimate of drug-likeness (QED) is 0.723. The molecule has 1 amide bonds. The first-order valence-corrected chi connectivity index (χ1v) is 9.70. The molecule has 0 aliphatic carbocycles. The van der Waals surface area contributed by atoms with Crippen molar-refractivity contribution < 1.29 is 13.2 Å². The molecule has 0 aliphatic heterocycles. The standard InChI is InChI=1S/C20H20N2O3S/c1-14-9-11-16(12-10-14)13-21-26(24,25)20-8-4-5-17-18(20)6-3-7-19(17)22-15(2)23/h3-12,21H,13H2,1-2H3,(H,22,23). The number of benzene rings is 3. The Morgan fingerprint density at radius 3 is 2.27 bits per heavy atom. The molecule has 0 heterocycles. The Hall–Kier alpha value is -2.70. The van der Waals surface area contributed by atoms with Gasteiger partial charge in [-0.2, -0.15) is 0 Å². The molecule has 0 bridgehead atoms. The number of carbonyl (C=O) groups excluding carboxylic acids is 1. The van der Waals surface area contributed by atoms with Gasteiger partial charge in [-0.05, 0) is 24.6 Å². The van der Waals surface area contributed by atoms with Gasteiger partial charge in [0.2, 0.25) is 15.9 Å². The second-order valence-corrected chi connectivity index (χ2v) is 7.88. The molecule has 0 aliphatic rings. The number of hydrogen-bond acceptors (Lipinski definition) is 3. The van der Waals surface area contributed by atoms with E-state index in [0.717, 1.165) is 11.1 Å². The third-order valence-electron chi connectivity index (χ3n) is 4.07. The monoisotopic (exact) mass is 368 g/mol. The van der Waals surface area contributed by atoms with Crippen molar-refractivity contribution in [2.45, 2.75) is 25.3 Å². The minimum Gasteiger partial charge on any atom is -0.326 e. The number of amides is 1. The van der Waals surface area contributed by atoms with Crippen LogP contribution in [0.2, 0.25) is 0 Å². The van der Waals surface area contributed by atoms with Crippen LogP contribution >= 0.6 is 0 Å². The third-order valence-corrected chi connectivity index (χ3v) is 5.53. The average molecular weight is 368 g/mol. The van der Waals surface area contributed by atoms with Crippen LogP contribution in [0, 0.1) is 6.92 Å². The summed E-state index contributed by atoms with van der Waals surface area (Å²) in [6, 6.07) is 17.9. The number of rotatable bonds is 5. The number of hydrogen-bond donors (Lipinski definition) is 2. The molecule has 5 nitrogen and oxygen atoms in total. The van der Waals surface area contributed by atoms with Crippen molar-refractivity contribution in [2.24, 2.45) is 0 Å². The van der Waals surface area contributed by atoms with Gasteiger partial charge in [0.05, 0.1) is 4.90 Å². The van der Waals surface area contributed by atoms with E-state index >= 15 is 0 Å². The molecule has 0 saturated heterocycles. The van der Waals surface area contributed by atoms with Crippen LogP contribution in [0.25, 0.3) is 10.8 Å². The largest absolute Gasteiger partial charge is 0.326 e. The molecule has 26 heavy (non-hydrogen) atoms. The van der Waals surface area contributed by atoms with Crippen LogP contribution in [0.3, 0.4) is 0 Å². The van der Waals surface area contributed by atoms with Crippen LogP contribution in [0.4, 0.5) is 5.69 Å². The van der Waals surface area contributed by atoms with E-state index in [1.807, 2.05) is 31.2 Å². The Morgan fingerprint density at radius 2 is 1.58 bits per heavy atom. The number of nitrogens with one attached hydrogen (secondary N) is 2. The van der Waals surface area contributed by atoms with Crippen LogP contribution in [0.15, 0.2) is 65.6 Å². The summed E-state index contributed by atoms with van der Waals surface area (Å²) in [6.45, 7) is 3.61. The van der Waals surface area contributed by atoms with Crippen molar-refractivity contribution in [1.29, 1.82) is 0 Å². The summed E-state index contributed by atoms with van der Waals surface area (Å²) in [5, 5.41) is 3.98. The Bertz CT molecular complexity index is 1060. The lowest BCUT2D eigenvalue weighted by atomic mass is 10.1. The zero-order chi connectivity index (χ0) is 18.7. The van der Waals surface area contributed by atoms with Crippen molar-refractivity contribution in [1.82, 2.24) is 4.72 Å². The van der Waals surface area contributed by atoms with E-state index in [1.165, 1.54) is 6.92 Å². The number of carbonyl (C=O) groups is 1. The van der Waals surface area contributed by atoms with Crippen LogP contribution in [0.5, 0.6) is 0 Å². The summed E-state index contributed by atoms with van der Waals surface area (Å²) >= 11 is 0. The highest BCUT2D eigenvalue weighted by atomic mass is 32.2. The van der Waals surface area contributed by atoms with E-state index in [0.29, 0.717) is 16.5 Å². The molecule has 0 fully saturated rings. The Kier molecular flexibility index (Phi) is 5.06. The zero-order valence-corrected chi connectivity index (χ0v) is 15.4. The summed E-state index contributed by atoms with van der Waals surface area (Å²) < 4.78 is 28.3. The minimum atomic E-state index is -3.70. The van der Waals surface area contributed by atoms with Crippen LogP contribution in [0.1, 0.15) is 18.1 Å². The third kappa shape index (κ3) is 3.92. The zero-order valence-electron chi connectivity index (χ0n) is 14.6. The van der Waals surface area contributed by atoms with Gasteiger partial charge >= 0.3 is 0 Å². The van der Waals surface area contributed by atoms with Crippen LogP contribution < -0.4 is 10.0 Å². The highest BCUT2D eigenvalue weighted by Crippen LogP contribution is 2.28. The number of fused-ring (bicyclic) bond motifs is 1. The normalized spacial score (nSPS) is 11.5. The van der Waals surface area contributed by atoms with Gasteiger partial charge in [-0.25, -0.2) is 13.1 Å². The number of sulfonamides is 1. The predicted molar refractivity (Wildman–Crippen MR) is 103 cm³/mol. The fraction of sp³-hybridized carbons (Fsp3) is 0.150. The molecule has 3 rings (SSSR count). The topological polar surface area (TPSA) is 75.3 Å². The molecule has 134 valence electrons. The highest BCUT2D eigenvalue weighted by molar-refractivity contribution is 7.89. The SMILES string of the molecule is CC(=O)Nc1cccc2c(S(=O)(=O)NCc3ccc(C)cc3)cccc12. The first-order chi connectivity index (χ1) is 12.4. The van der Waals surface area contributed by atoms with Crippen molar-refractivity contribution >= 4 is 32.4 Å². The molecular formula is C20H20N2O3S. The van der Waals surface area contributed by atoms with Crippen LogP contribution in [-0.4, -0.2) is 14.3 Å². The fourth-order valence-electron chi connectivity index (χ4n) is 2.78. The molecule has 0 radical (unpaired) electrons. The summed E-state index contributed by atoms with van der Waals surface area (Å²) in [6.07, 6.45) is 0. The van der Waals surface area contributed by atoms with Crippen molar-refractivity contribution in [2.75, 3.05) is 5.32 Å². The predicted octanol–water partition coefficient (Wildman–Crippen LogP) is 3.59. The second kappa shape index (κ2) is 7.27. The van der Waals surface area contributed by atoms with Gasteiger partial charge in [0.1, 0.15) is 0 Å². The van der Waals surface area contributed by atoms with Gasteiger partial charge in [-0.15, -0.1) is 0 Å². The molecule has 0 unspecified atom stereocenters. The van der Waals surface area contributed by atoms with Gasteiger partial charge in [0.25, 0.3) is 0 Å². The smallest absolute Gasteiger partial charge is 0.241 e. The van der Waals surface area contributed by atoms with E-state index in [1.54, 1.807) is 36.4 Å². The summed E-state index contributed by atoms with van der Waals surface area (Å²) in [7, 11) is -3.70. The minimum absolute atomic E-state index is 0.189. The fourth-order valence-corrected chi connectivity index (χ4v) is 4.01. The van der Waals surface area contributed by atoms with E-state index in [2.05, 4.69) is 10.0 Å². The van der Waals surface area contributed by atoms with Crippen molar-refractivity contribution in [3.8, 4) is 0 Å². The lowest BCUT2D eigenvalue weighted by molar-refractivity contribution is -0.114. The molecule has 3 aromatic rings. The molecule has 0 atom stereocenters. The number of aryl methyl sites for hydroxylation is 1. The Balaban J connectivity index is 1.95. The molecule has 2 N–H and O–H groups in total. The second-order valence-electron chi connectivity index (χ2n) is 6.15. The van der Waals surface area contributed by atoms with E-state index < -0.39 is 10.0 Å². The maximum atomic E-state index is 12.8. The summed E-state index contributed by atoms with van der Waals surface area (Å²) in [5.41, 5.74) is 2.60. The summed E-state index contributed by atoms with van der Waals surface area (Å²) in [4.78, 5) is 11.6. The molecule has 0 aromatic heterocycles. The van der Waals surface area contributed by atoms with E-state index in [4.69, 9.17) is 0 Å². The number of anilines is 1. The Labute approximate surface area is 153 Å². The highest BCUT2D eigenvalue weighted by Gasteiger charge is 2.18. The van der Waals surface area contributed by atoms with Gasteiger partial charge in [-0.1, -0.05) is 54.1 Å². The maximum Gasteiger partial charge on any atom is 0.241 e. The summed E-state index contributed by atoms with van der Waals surface area (Å²) in [5.74, 6) is -0.205. The maximum absolute atomic E-state index is 12.8. The van der Waals surface area contributed by atoms with E-state index in [9.17, 15) is 13.2 Å². The van der Waals surface area contributed by atoms with Gasteiger partial charge in [0, 0.05) is 29.9 Å². The first kappa shape index (κ1) is 18.1. The first-order valence-electron chi connectivity index (χ1n) is 8.21. The molecule has 0 spiro atoms. The van der Waals surface area contributed by atoms with Gasteiger partial charge in [0.15, 0.2) is 0 Å². The molecule has 0 saturated carbocycles. The van der Waals surface area contributed by atoms with E-state index in [-0.39, 0.29) is 17.3 Å². The van der Waals surface area contributed by atoms with Crippen molar-refractivity contribution in [3.63, 3.8) is 0 Å². The molecule has 3 aromatic carbocycles.